The molecule has 4 saturated heterocycles. The van der Waals surface area contributed by atoms with Crippen molar-refractivity contribution in [2.75, 3.05) is 43.6 Å². The molecule has 16 atom stereocenters. The van der Waals surface area contributed by atoms with Gasteiger partial charge in [0.15, 0.2) is 41.4 Å². The lowest BCUT2D eigenvalue weighted by atomic mass is 10.0. The molecule has 10 rings (SSSR count). The number of phosphoric ester groups is 3. The molecular formula is C32H41N15O24P4. The summed E-state index contributed by atoms with van der Waals surface area (Å²) < 4.78 is 109. The molecule has 75 heavy (non-hydrogen) atoms. The number of ether oxygens (including phenoxy) is 4. The minimum Gasteiger partial charge on any atom is -0.756 e. The van der Waals surface area contributed by atoms with E-state index in [9.17, 15) is 67.8 Å². The molecule has 43 heteroatoms. The van der Waals surface area contributed by atoms with E-state index in [1.165, 1.54) is 22.5 Å². The lowest BCUT2D eigenvalue weighted by Gasteiger charge is -2.32. The predicted molar refractivity (Wildman–Crippen MR) is 235 cm³/mol. The van der Waals surface area contributed by atoms with Crippen LogP contribution < -0.4 is 37.8 Å². The zero-order valence-corrected chi connectivity index (χ0v) is 41.1. The Labute approximate surface area is 413 Å². The highest BCUT2D eigenvalue weighted by Gasteiger charge is 2.66. The summed E-state index contributed by atoms with van der Waals surface area (Å²) in [6.45, 7) is -4.17. The van der Waals surface area contributed by atoms with Gasteiger partial charge in [0.1, 0.15) is 66.3 Å². The molecule has 15 N–H and O–H groups in total. The Bertz CT molecular complexity index is 3540. The number of aromatic amines is 2. The standard InChI is InChI=1S/C32H41N15O24P4/c1-44-9-47(24-14(44)26(53)43-31(35)41-24)28-18(51)16(49)11(67-28)3-64-73(56,57)70-75(60,61)71-74(58,59)65-5-32-4-62-19(29(68-32)45-7-38-12-21(33)36-6-37-22(12)45)20(32)69-72(54,55)63-2-10-15(48)17(50)27(66-10)46-8-39-13-23(46)40-30(34)42-25(13)52/h6-11,15-20,27-29,48-51H,2-5H2,1H3,(H11-,33,34,35,36,37,40,41,42,43,52,53,54,55,56,57,58,59,60,61)/t10-,11-,15+,16+,17?,18?,19?,20-,27-,28-,29-,32-/m1/s1. The number of fused-ring (bicyclic) bond motifs is 5. The Hall–Kier alpha value is -5.15. The van der Waals surface area contributed by atoms with Crippen molar-refractivity contribution in [3.8, 4) is 0 Å². The van der Waals surface area contributed by atoms with E-state index in [0.29, 0.717) is 0 Å². The van der Waals surface area contributed by atoms with Gasteiger partial charge in [0.2, 0.25) is 17.7 Å². The fourth-order valence-corrected chi connectivity index (χ4v) is 13.3. The van der Waals surface area contributed by atoms with Gasteiger partial charge in [-0.15, -0.1) is 0 Å². The molecule has 0 aliphatic carbocycles. The molecule has 0 saturated carbocycles. The average Bonchev–Trinajstić information content (AvgIpc) is 4.23. The highest BCUT2D eigenvalue weighted by Crippen LogP contribution is 2.67. The third-order valence-electron chi connectivity index (χ3n) is 12.0. The Balaban J connectivity index is 0.809. The Morgan fingerprint density at radius 1 is 0.787 bits per heavy atom. The number of nitrogens with one attached hydrogen (secondary N) is 2. The number of aliphatic hydroxyl groups is 4. The Morgan fingerprint density at radius 3 is 2.19 bits per heavy atom. The summed E-state index contributed by atoms with van der Waals surface area (Å²) in [5.74, 6) is -0.718. The lowest BCUT2D eigenvalue weighted by molar-refractivity contribution is -0.745. The Kier molecular flexibility index (Phi) is 13.6. The molecule has 0 spiro atoms. The van der Waals surface area contributed by atoms with E-state index >= 15 is 0 Å². The minimum absolute atomic E-state index is 0.0174. The van der Waals surface area contributed by atoms with Gasteiger partial charge in [-0.05, 0) is 0 Å². The molecule has 7 unspecified atom stereocenters. The fourth-order valence-electron chi connectivity index (χ4n) is 8.73. The van der Waals surface area contributed by atoms with E-state index in [1.807, 2.05) is 0 Å². The van der Waals surface area contributed by atoms with Crippen LogP contribution in [0.1, 0.15) is 18.7 Å². The zero-order valence-electron chi connectivity index (χ0n) is 37.6. The number of phosphoric acid groups is 4. The SMILES string of the molecule is Cn1c[n+]([C@@H]2O[C@H](COP(=O)([O-])OP(=O)(O)OP(=O)(O)OC[C@@]34COC([C@H](n5cnc6c(N)ncnc65)O3)[C@H]4OP(=O)(O)OC[C@H]3O[C@@H](n4cnc5c(=O)[nH]c(N)nc54)C(O)[C@H]3O)[C@H](O)C2O)c2nc(N)[nH]c(=O)c21. The van der Waals surface area contributed by atoms with Crippen molar-refractivity contribution in [2.24, 2.45) is 7.05 Å². The highest BCUT2D eigenvalue weighted by molar-refractivity contribution is 7.66. The van der Waals surface area contributed by atoms with Gasteiger partial charge < -0.3 is 80.7 Å². The van der Waals surface area contributed by atoms with Crippen molar-refractivity contribution in [1.82, 2.24) is 53.6 Å². The third kappa shape index (κ3) is 9.95. The zero-order chi connectivity index (χ0) is 53.9. The molecular weight excluding hydrogens is 1100 g/mol. The normalized spacial score (nSPS) is 32.0. The largest absolute Gasteiger partial charge is 0.756 e. The molecule has 39 nitrogen and oxygen atoms in total. The number of nitrogens with zero attached hydrogens (tertiary/aromatic N) is 10. The lowest BCUT2D eigenvalue weighted by Crippen LogP contribution is -2.46. The van der Waals surface area contributed by atoms with Gasteiger partial charge in [-0.3, -0.25) is 51.4 Å². The van der Waals surface area contributed by atoms with E-state index in [4.69, 9.17) is 49.7 Å². The number of aryl methyl sites for hydroxylation is 1. The molecule has 0 amide bonds. The van der Waals surface area contributed by atoms with E-state index in [0.717, 1.165) is 28.1 Å². The van der Waals surface area contributed by atoms with E-state index < -0.39 is 142 Å². The van der Waals surface area contributed by atoms with Gasteiger partial charge in [-0.1, -0.05) is 4.98 Å². The molecule has 408 valence electrons. The van der Waals surface area contributed by atoms with E-state index in [2.05, 4.69) is 53.0 Å². The van der Waals surface area contributed by atoms with Crippen LogP contribution in [0.5, 0.6) is 0 Å². The van der Waals surface area contributed by atoms with Crippen LogP contribution >= 0.6 is 31.3 Å². The fraction of sp³-hybridized carbons (Fsp3) is 0.531. The van der Waals surface area contributed by atoms with Gasteiger partial charge >= 0.3 is 29.1 Å². The number of H-pyrrole nitrogens is 2. The average molecular weight is 1140 g/mol. The monoisotopic (exact) mass is 1140 g/mol. The van der Waals surface area contributed by atoms with Crippen molar-refractivity contribution in [2.45, 2.75) is 73.1 Å². The summed E-state index contributed by atoms with van der Waals surface area (Å²) in [5.41, 5.74) is 13.1. The maximum absolute atomic E-state index is 13.7. The van der Waals surface area contributed by atoms with Crippen LogP contribution in [0.15, 0.2) is 34.9 Å². The maximum atomic E-state index is 13.7. The van der Waals surface area contributed by atoms with E-state index in [-0.39, 0.29) is 51.2 Å². The van der Waals surface area contributed by atoms with Crippen LogP contribution in [0.4, 0.5) is 17.7 Å². The second-order valence-corrected chi connectivity index (χ2v) is 23.0. The van der Waals surface area contributed by atoms with Gasteiger partial charge in [-0.2, -0.15) is 9.29 Å². The molecule has 0 radical (unpaired) electrons. The second kappa shape index (κ2) is 19.1. The molecule has 2 bridgehead atoms. The first kappa shape index (κ1) is 53.3. The van der Waals surface area contributed by atoms with Gasteiger partial charge in [-0.25, -0.2) is 42.5 Å². The van der Waals surface area contributed by atoms with Crippen LogP contribution in [0.2, 0.25) is 0 Å². The first-order valence-corrected chi connectivity index (χ1v) is 27.2. The maximum Gasteiger partial charge on any atom is 0.487 e. The second-order valence-electron chi connectivity index (χ2n) is 17.0. The molecule has 6 aromatic rings. The van der Waals surface area contributed by atoms with Gasteiger partial charge in [0, 0.05) is 0 Å². The topological polar surface area (TPSA) is 565 Å². The predicted octanol–water partition coefficient (Wildman–Crippen LogP) is -5.59. The summed E-state index contributed by atoms with van der Waals surface area (Å²) in [4.78, 5) is 98.2. The van der Waals surface area contributed by atoms with Crippen LogP contribution in [0.3, 0.4) is 0 Å². The van der Waals surface area contributed by atoms with Crippen LogP contribution in [0, 0.1) is 0 Å². The molecule has 4 aliphatic rings. The quantitative estimate of drug-likeness (QED) is 0.0282. The molecule has 6 aromatic heterocycles. The summed E-state index contributed by atoms with van der Waals surface area (Å²) in [7, 11) is -22.4. The molecule has 10 heterocycles. The molecule has 0 aromatic carbocycles. The first-order chi connectivity index (χ1) is 35.2. The number of hydrogen-bond donors (Lipinski definition) is 12. The van der Waals surface area contributed by atoms with E-state index in [1.54, 1.807) is 0 Å². The van der Waals surface area contributed by atoms with Crippen molar-refractivity contribution < 1.29 is 108 Å². The number of hydrogen-bond acceptors (Lipinski definition) is 30. The summed E-state index contributed by atoms with van der Waals surface area (Å²) in [6, 6.07) is 0. The number of rotatable bonds is 18. The van der Waals surface area contributed by atoms with Crippen LogP contribution in [-0.2, 0) is 71.0 Å². The molecule has 4 fully saturated rings. The van der Waals surface area contributed by atoms with Crippen molar-refractivity contribution in [1.29, 1.82) is 0 Å². The number of aliphatic hydroxyl groups excluding tert-OH is 4. The summed E-state index contributed by atoms with van der Waals surface area (Å²) >= 11 is 0. The van der Waals surface area contributed by atoms with Crippen LogP contribution in [0.25, 0.3) is 33.5 Å². The minimum atomic E-state index is -6.28. The number of nitrogens with two attached hydrogens (primary N) is 3. The summed E-state index contributed by atoms with van der Waals surface area (Å²) in [6.07, 6.45) is -13.9. The molecule has 4 aliphatic heterocycles. The number of anilines is 3. The van der Waals surface area contributed by atoms with Gasteiger partial charge in [0.05, 0.1) is 46.1 Å². The number of imidazole rings is 3. The van der Waals surface area contributed by atoms with Crippen molar-refractivity contribution in [3.05, 3.63) is 46.0 Å². The van der Waals surface area contributed by atoms with Gasteiger partial charge in [0.25, 0.3) is 24.9 Å². The number of aromatic nitrogens is 12. The Morgan fingerprint density at radius 2 is 1.44 bits per heavy atom. The smallest absolute Gasteiger partial charge is 0.487 e. The first-order valence-electron chi connectivity index (χ1n) is 21.2. The van der Waals surface area contributed by atoms with Crippen molar-refractivity contribution in [3.63, 3.8) is 0 Å². The summed E-state index contributed by atoms with van der Waals surface area (Å²) in [5, 5.41) is 43.2. The van der Waals surface area contributed by atoms with Crippen molar-refractivity contribution >= 4 is 82.5 Å². The highest BCUT2D eigenvalue weighted by atomic mass is 31.3. The number of nitrogen functional groups attached to an aromatic ring is 3. The third-order valence-corrected chi connectivity index (χ3v) is 17.2. The van der Waals surface area contributed by atoms with Crippen LogP contribution in [-0.4, -0.2) is 170 Å².